The van der Waals surface area contributed by atoms with Gasteiger partial charge in [-0.2, -0.15) is 0 Å². The molecule has 0 radical (unpaired) electrons. The number of Topliss-reactive ketones (excluding diaryl/α,β-unsaturated/α-hetero) is 4. The van der Waals surface area contributed by atoms with Crippen LogP contribution in [0.2, 0.25) is 0 Å². The highest BCUT2D eigenvalue weighted by molar-refractivity contribution is 8.05. The summed E-state index contributed by atoms with van der Waals surface area (Å²) < 4.78 is 23.3. The minimum Gasteiger partial charge on any atom is -0.481 e. The van der Waals surface area contributed by atoms with Crippen molar-refractivity contribution in [3.8, 4) is 0 Å². The van der Waals surface area contributed by atoms with Crippen LogP contribution in [0.25, 0.3) is 0 Å². The molecular weight excluding hydrogens is 889 g/mol. The van der Waals surface area contributed by atoms with Crippen LogP contribution >= 0.6 is 65.5 Å². The summed E-state index contributed by atoms with van der Waals surface area (Å²) in [5.74, 6) is 0.134. The summed E-state index contributed by atoms with van der Waals surface area (Å²) >= 11 is 6.62. The Bertz CT molecular complexity index is 1370. The van der Waals surface area contributed by atoms with Crippen LogP contribution < -0.4 is 16.8 Å². The van der Waals surface area contributed by atoms with Gasteiger partial charge in [-0.05, 0) is 78.2 Å². The molecule has 2 rings (SSSR count). The van der Waals surface area contributed by atoms with Crippen LogP contribution in [0.1, 0.15) is 120 Å². The van der Waals surface area contributed by atoms with Gasteiger partial charge in [0, 0.05) is 39.8 Å². The van der Waals surface area contributed by atoms with Gasteiger partial charge in [0.05, 0.1) is 38.2 Å². The molecule has 0 aliphatic heterocycles. The fourth-order valence-electron chi connectivity index (χ4n) is 5.59. The fraction of sp³-hybridized carbons (Fsp3) is 0.800. The lowest BCUT2D eigenvalue weighted by atomic mass is 9.97. The van der Waals surface area contributed by atoms with Crippen LogP contribution in [0.3, 0.4) is 0 Å². The first-order valence-electron chi connectivity index (χ1n) is 21.6. The first-order chi connectivity index (χ1) is 29.3. The minimum absolute atomic E-state index is 0.0206. The molecule has 20 heteroatoms. The second-order valence-corrected chi connectivity index (χ2v) is 19.9. The number of carbonyl (C=O) groups excluding carboxylic acids is 7. The Hall–Kier alpha value is -1.26. The highest BCUT2D eigenvalue weighted by atomic mass is 32.2. The van der Waals surface area contributed by atoms with E-state index in [1.807, 2.05) is 25.4 Å². The molecule has 2 saturated carbocycles. The lowest BCUT2D eigenvalue weighted by Crippen LogP contribution is -2.35. The van der Waals surface area contributed by atoms with E-state index in [9.17, 15) is 38.4 Å². The third-order valence-corrected chi connectivity index (χ3v) is 16.0. The number of carbonyl (C=O) groups is 8. The topological polar surface area (TPSA) is 239 Å². The Balaban J connectivity index is 0.00000100. The molecule has 14 nitrogen and oxygen atoms in total. The molecule has 1 amide bonds. The maximum Gasteiger partial charge on any atom is 0.325 e. The Labute approximate surface area is 381 Å². The number of carboxylic acid groups (broad SMARTS) is 1. The Morgan fingerprint density at radius 1 is 0.717 bits per heavy atom. The van der Waals surface area contributed by atoms with Gasteiger partial charge in [0.2, 0.25) is 5.91 Å². The van der Waals surface area contributed by atoms with Gasteiger partial charge >= 0.3 is 17.9 Å². The van der Waals surface area contributed by atoms with Crippen molar-refractivity contribution in [2.45, 2.75) is 144 Å². The van der Waals surface area contributed by atoms with Crippen molar-refractivity contribution < 1.29 is 55.7 Å². The van der Waals surface area contributed by atoms with E-state index >= 15 is 0 Å². The number of aliphatic carboxylic acids is 1. The van der Waals surface area contributed by atoms with Crippen LogP contribution in [0.4, 0.5) is 0 Å². The van der Waals surface area contributed by atoms with Crippen molar-refractivity contribution in [2.75, 3.05) is 48.7 Å². The Kier molecular flexibility index (Phi) is 34.0. The van der Waals surface area contributed by atoms with Crippen molar-refractivity contribution in [2.24, 2.45) is 17.4 Å². The number of ether oxygens (including phenoxy) is 2. The molecule has 10 atom stereocenters. The third-order valence-electron chi connectivity index (χ3n) is 9.32. The summed E-state index contributed by atoms with van der Waals surface area (Å²) in [7, 11) is 4.07. The van der Waals surface area contributed by atoms with E-state index in [2.05, 4.69) is 14.8 Å². The highest BCUT2D eigenvalue weighted by Crippen LogP contribution is 2.41. The van der Waals surface area contributed by atoms with Crippen LogP contribution in [0.5, 0.6) is 0 Å². The highest BCUT2D eigenvalue weighted by Gasteiger charge is 2.33. The van der Waals surface area contributed by atoms with Gasteiger partial charge in [-0.25, -0.2) is 0 Å². The number of thioether (sulfide) groups is 4. The molecule has 0 heterocycles. The zero-order valence-electron chi connectivity index (χ0n) is 37.4. The summed E-state index contributed by atoms with van der Waals surface area (Å²) in [4.78, 5) is 90.5. The van der Waals surface area contributed by atoms with E-state index in [0.29, 0.717) is 64.1 Å². The first-order valence-corrected chi connectivity index (χ1v) is 26.0. The lowest BCUT2D eigenvalue weighted by molar-refractivity contribution is -0.143. The quantitative estimate of drug-likeness (QED) is 0.0373. The van der Waals surface area contributed by atoms with Crippen LogP contribution in [-0.2, 0) is 47.8 Å². The van der Waals surface area contributed by atoms with Gasteiger partial charge < -0.3 is 31.4 Å². The van der Waals surface area contributed by atoms with E-state index < -0.39 is 36.6 Å². The lowest BCUT2D eigenvalue weighted by Gasteiger charge is -2.35. The average Bonchev–Trinajstić information content (AvgIpc) is 3.16. The molecule has 6 N–H and O–H groups in total. The maximum absolute atomic E-state index is 12.2. The van der Waals surface area contributed by atoms with Gasteiger partial charge in [-0.3, -0.25) is 38.4 Å². The number of esters is 2. The van der Waals surface area contributed by atoms with Crippen molar-refractivity contribution in [1.82, 2.24) is 5.32 Å². The molecule has 2 fully saturated rings. The molecule has 2 aliphatic rings. The average molecular weight is 964 g/mol. The second kappa shape index (κ2) is 37.1. The number of amides is 1. The molecule has 2 aliphatic carbocycles. The van der Waals surface area contributed by atoms with Gasteiger partial charge in [0.15, 0.2) is 0 Å². The van der Waals surface area contributed by atoms with Crippen LogP contribution in [-0.4, -0.2) is 128 Å². The van der Waals surface area contributed by atoms with E-state index in [1.165, 1.54) is 11.8 Å². The Morgan fingerprint density at radius 2 is 1.22 bits per heavy atom. The molecule has 60 heavy (non-hydrogen) atoms. The van der Waals surface area contributed by atoms with Crippen molar-refractivity contribution in [1.29, 1.82) is 0 Å². The van der Waals surface area contributed by atoms with Crippen LogP contribution in [0, 0.1) is 5.92 Å². The van der Waals surface area contributed by atoms with Gasteiger partial charge in [-0.15, -0.1) is 47.0 Å². The largest absolute Gasteiger partial charge is 0.481 e. The number of hydrogen-bond donors (Lipinski definition) is 4. The van der Waals surface area contributed by atoms with Crippen molar-refractivity contribution >= 4 is 112 Å². The van der Waals surface area contributed by atoms with Gasteiger partial charge in [0.25, 0.3) is 0 Å². The third kappa shape index (κ3) is 30.7. The summed E-state index contributed by atoms with van der Waals surface area (Å²) in [5, 5.41) is 13.0. The zero-order chi connectivity index (χ0) is 47.0. The number of unbranched alkanes of at least 4 members (excludes halogenated alkanes) is 3. The van der Waals surface area contributed by atoms with Crippen molar-refractivity contribution in [3.63, 3.8) is 0 Å². The molecule has 0 saturated heterocycles. The molecular formula is C40H71N3O11P2S4. The number of nitrogens with two attached hydrogens (primary N) is 2. The normalized spacial score (nSPS) is 20.2. The van der Waals surface area contributed by atoms with E-state index in [1.54, 1.807) is 49.1 Å². The number of nitrogens with one attached hydrogen (secondary N) is 1. The predicted octanol–water partition coefficient (Wildman–Crippen LogP) is 5.44. The number of hydrogen-bond acceptors (Lipinski definition) is 16. The molecule has 0 aromatic heterocycles. The first kappa shape index (κ1) is 54.9. The number of ketones is 4. The van der Waals surface area contributed by atoms with E-state index in [4.69, 9.17) is 19.3 Å². The van der Waals surface area contributed by atoms with E-state index in [-0.39, 0.29) is 60.1 Å². The molecule has 0 aromatic carbocycles. The standard InChI is InChI=1S/C21H36NO5PS2.C10H21N2O3P.C9H14O3S2/c1-3-16(21(26)22-11-20(25)27-14-28)7-5-4-6-8-17(24)13-30-19-10-9-18(19)29-12-15(2)23;11-6-2-1-3-8(12)9(13)4-5-10(14)15-7-16;1-6(10)4-13-7-2-3-8(7)14-5-9(11)12/h16,18-19H,3-14,28H2,1-2H3,(H,22,26);8H,1-7,11-12,16H2;7-8H,2-5H2,1H3,(H,11,12)/t16-,18?,19?;8-;/m00./s1/i14T;7T;/t14?,16-,18?,19?;7?,8-;. The molecule has 8 unspecified atom stereocenters. The summed E-state index contributed by atoms with van der Waals surface area (Å²) in [5.41, 5.74) is 11.0. The van der Waals surface area contributed by atoms with Crippen LogP contribution in [0.15, 0.2) is 0 Å². The smallest absolute Gasteiger partial charge is 0.325 e. The molecule has 0 bridgehead atoms. The SMILES string of the molecule is CC(=O)CSC1CCC1SCC(=O)O.[3H]C(P)OC(=O)CCC(=O)[C@@H](N)CCCCN.[3H]C(P)OC(=O)CNC(=O)[C@@H](CC)CCCCCC(=O)CSC1CCC1SCC(C)=O. The molecule has 0 aromatic rings. The van der Waals surface area contributed by atoms with Gasteiger partial charge in [0.1, 0.15) is 42.3 Å². The summed E-state index contributed by atoms with van der Waals surface area (Å²) in [6.07, 6.45) is 9.36. The summed E-state index contributed by atoms with van der Waals surface area (Å²) in [6, 6.07) is -0.530. The fourth-order valence-corrected chi connectivity index (χ4v) is 11.2. The number of carboxylic acids is 1. The second-order valence-electron chi connectivity index (χ2n) is 14.4. The van der Waals surface area contributed by atoms with E-state index in [0.717, 1.165) is 64.2 Å². The minimum atomic E-state index is -1.02. The molecule has 0 spiro atoms. The summed E-state index contributed by atoms with van der Waals surface area (Å²) in [6.45, 7) is 5.51. The number of rotatable bonds is 32. The zero-order valence-corrected chi connectivity index (χ0v) is 41.0. The predicted molar refractivity (Wildman–Crippen MR) is 254 cm³/mol. The Morgan fingerprint density at radius 3 is 1.68 bits per heavy atom. The monoisotopic (exact) mass is 963 g/mol. The maximum atomic E-state index is 12.2. The van der Waals surface area contributed by atoms with Gasteiger partial charge in [-0.1, -0.05) is 44.7 Å². The van der Waals surface area contributed by atoms with Crippen molar-refractivity contribution in [3.05, 3.63) is 0 Å². The molecule has 346 valence electrons.